The molecule has 3 rings (SSSR count). The lowest BCUT2D eigenvalue weighted by Gasteiger charge is -2.23. The Bertz CT molecular complexity index is 934. The summed E-state index contributed by atoms with van der Waals surface area (Å²) in [5.74, 6) is 1.29. The normalized spacial score (nSPS) is 11.4. The van der Waals surface area contributed by atoms with Crippen LogP contribution in [0.3, 0.4) is 0 Å². The number of hydrogen-bond donors (Lipinski definition) is 0. The largest absolute Gasteiger partial charge is 0.472 e. The number of aryl methyl sites for hydroxylation is 2. The summed E-state index contributed by atoms with van der Waals surface area (Å²) in [7, 11) is -3.59. The molecule has 3 aromatic rings. The van der Waals surface area contributed by atoms with E-state index in [9.17, 15) is 4.57 Å². The molecule has 0 saturated heterocycles. The fourth-order valence-electron chi connectivity index (χ4n) is 3.65. The lowest BCUT2D eigenvalue weighted by molar-refractivity contribution is 0.396. The van der Waals surface area contributed by atoms with Crippen molar-refractivity contribution in [2.45, 2.75) is 53.4 Å². The lowest BCUT2D eigenvalue weighted by atomic mass is 10.0. The van der Waals surface area contributed by atoms with Gasteiger partial charge in [0.15, 0.2) is 0 Å². The third-order valence-corrected chi connectivity index (χ3v) is 8.36. The predicted molar refractivity (Wildman–Crippen MR) is 123 cm³/mol. The molecule has 0 atom stereocenters. The summed E-state index contributed by atoms with van der Waals surface area (Å²) in [5.41, 5.74) is 4.61. The molecule has 0 bridgehead atoms. The van der Waals surface area contributed by atoms with Gasteiger partial charge in [0.25, 0.3) is 0 Å². The Hall–Kier alpha value is -2.03. The van der Waals surface area contributed by atoms with E-state index < -0.39 is 7.60 Å². The molecule has 0 aliphatic heterocycles. The molecular formula is C24H29O3PS. The predicted octanol–water partition coefficient (Wildman–Crippen LogP) is 6.97. The van der Waals surface area contributed by atoms with Crippen molar-refractivity contribution < 1.29 is 13.6 Å². The summed E-state index contributed by atoms with van der Waals surface area (Å²) < 4.78 is 27.2. The topological polar surface area (TPSA) is 35.5 Å². The second kappa shape index (κ2) is 9.65. The van der Waals surface area contributed by atoms with Crippen molar-refractivity contribution in [3.63, 3.8) is 0 Å². The van der Waals surface area contributed by atoms with Gasteiger partial charge < -0.3 is 9.05 Å². The molecule has 0 amide bonds. The lowest BCUT2D eigenvalue weighted by Crippen LogP contribution is -2.14. The van der Waals surface area contributed by atoms with Gasteiger partial charge in [0.1, 0.15) is 16.1 Å². The zero-order valence-corrected chi connectivity index (χ0v) is 19.3. The van der Waals surface area contributed by atoms with Crippen LogP contribution in [0.2, 0.25) is 0 Å². The van der Waals surface area contributed by atoms with Crippen LogP contribution in [-0.2, 0) is 30.2 Å². The SMILES string of the molecule is CCc1cccc(OP(=O)(Oc2cccc(CC)c2CC)c2cccs2)c1CC. The average Bonchev–Trinajstić information content (AvgIpc) is 3.29. The van der Waals surface area contributed by atoms with E-state index in [0.717, 1.165) is 36.8 Å². The van der Waals surface area contributed by atoms with Gasteiger partial charge in [-0.05, 0) is 71.5 Å². The van der Waals surface area contributed by atoms with Crippen LogP contribution in [0.4, 0.5) is 0 Å². The maximum absolute atomic E-state index is 14.1. The third-order valence-electron chi connectivity index (χ3n) is 5.14. The second-order valence-electron chi connectivity index (χ2n) is 6.83. The monoisotopic (exact) mass is 428 g/mol. The summed E-state index contributed by atoms with van der Waals surface area (Å²) in [4.78, 5) is 0. The zero-order chi connectivity index (χ0) is 20.9. The smallest absolute Gasteiger partial charge is 0.412 e. The van der Waals surface area contributed by atoms with Crippen LogP contribution in [0.5, 0.6) is 11.5 Å². The molecule has 29 heavy (non-hydrogen) atoms. The van der Waals surface area contributed by atoms with Gasteiger partial charge in [0.05, 0.1) is 0 Å². The summed E-state index contributed by atoms with van der Waals surface area (Å²) in [5, 5.41) is 1.90. The number of thiophene rings is 1. The van der Waals surface area contributed by atoms with Crippen LogP contribution in [-0.4, -0.2) is 0 Å². The Morgan fingerprint density at radius 3 is 1.62 bits per heavy atom. The van der Waals surface area contributed by atoms with Gasteiger partial charge in [-0.1, -0.05) is 58.0 Å². The number of hydrogen-bond acceptors (Lipinski definition) is 4. The van der Waals surface area contributed by atoms with Gasteiger partial charge in [-0.3, -0.25) is 0 Å². The maximum atomic E-state index is 14.1. The van der Waals surface area contributed by atoms with Crippen molar-refractivity contribution in [3.8, 4) is 11.5 Å². The Kier molecular flexibility index (Phi) is 7.21. The first-order valence-corrected chi connectivity index (χ1v) is 12.7. The van der Waals surface area contributed by atoms with E-state index in [0.29, 0.717) is 16.1 Å². The molecule has 0 aliphatic carbocycles. The molecule has 0 fully saturated rings. The fourth-order valence-corrected chi connectivity index (χ4v) is 6.37. The summed E-state index contributed by atoms with van der Waals surface area (Å²) in [6, 6.07) is 15.6. The van der Waals surface area contributed by atoms with E-state index in [-0.39, 0.29) is 0 Å². The molecular weight excluding hydrogens is 399 g/mol. The first-order chi connectivity index (χ1) is 14.1. The van der Waals surface area contributed by atoms with Crippen molar-refractivity contribution in [2.75, 3.05) is 0 Å². The van der Waals surface area contributed by atoms with E-state index in [4.69, 9.17) is 9.05 Å². The standard InChI is InChI=1S/C24H29O3PS/c1-5-18-12-9-14-22(20(18)7-3)26-28(25,24-16-11-17-29-24)27-23-15-10-13-19(6-2)21(23)8-4/h9-17H,5-8H2,1-4H3. The van der Waals surface area contributed by atoms with Crippen molar-refractivity contribution in [1.82, 2.24) is 0 Å². The van der Waals surface area contributed by atoms with Crippen molar-refractivity contribution in [2.24, 2.45) is 0 Å². The Balaban J connectivity index is 2.07. The molecule has 0 saturated carbocycles. The molecule has 0 unspecified atom stereocenters. The summed E-state index contributed by atoms with van der Waals surface area (Å²) in [6.07, 6.45) is 3.44. The van der Waals surface area contributed by atoms with E-state index >= 15 is 0 Å². The molecule has 1 aromatic heterocycles. The molecule has 2 aromatic carbocycles. The van der Waals surface area contributed by atoms with Crippen LogP contribution in [0.1, 0.15) is 49.9 Å². The van der Waals surface area contributed by atoms with E-state index in [1.165, 1.54) is 22.5 Å². The quantitative estimate of drug-likeness (QED) is 0.345. The molecule has 1 heterocycles. The van der Waals surface area contributed by atoms with Crippen molar-refractivity contribution in [1.29, 1.82) is 0 Å². The molecule has 0 aliphatic rings. The van der Waals surface area contributed by atoms with Gasteiger partial charge in [0.2, 0.25) is 0 Å². The van der Waals surface area contributed by atoms with Gasteiger partial charge in [-0.15, -0.1) is 11.3 Å². The van der Waals surface area contributed by atoms with Gasteiger partial charge in [-0.2, -0.15) is 0 Å². The highest BCUT2D eigenvalue weighted by Gasteiger charge is 2.34. The van der Waals surface area contributed by atoms with Crippen LogP contribution < -0.4 is 13.7 Å². The second-order valence-corrected chi connectivity index (χ2v) is 9.93. The Labute approximate surface area is 178 Å². The molecule has 154 valence electrons. The summed E-state index contributed by atoms with van der Waals surface area (Å²) >= 11 is 1.40. The van der Waals surface area contributed by atoms with Gasteiger partial charge in [-0.25, -0.2) is 4.57 Å². The highest BCUT2D eigenvalue weighted by Crippen LogP contribution is 2.50. The zero-order valence-electron chi connectivity index (χ0n) is 17.6. The number of rotatable bonds is 9. The van der Waals surface area contributed by atoms with Crippen molar-refractivity contribution in [3.05, 3.63) is 76.2 Å². The van der Waals surface area contributed by atoms with Crippen LogP contribution >= 0.6 is 18.9 Å². The highest BCUT2D eigenvalue weighted by molar-refractivity contribution is 7.69. The van der Waals surface area contributed by atoms with Gasteiger partial charge in [0, 0.05) is 0 Å². The van der Waals surface area contributed by atoms with E-state index in [1.807, 2.05) is 41.8 Å². The van der Waals surface area contributed by atoms with E-state index in [2.05, 4.69) is 39.8 Å². The van der Waals surface area contributed by atoms with Crippen LogP contribution in [0.15, 0.2) is 53.9 Å². The minimum atomic E-state index is -3.59. The molecule has 0 N–H and O–H groups in total. The molecule has 3 nitrogen and oxygen atoms in total. The molecule has 0 spiro atoms. The Morgan fingerprint density at radius 2 is 1.24 bits per heavy atom. The van der Waals surface area contributed by atoms with Crippen LogP contribution in [0, 0.1) is 0 Å². The van der Waals surface area contributed by atoms with Gasteiger partial charge >= 0.3 is 7.60 Å². The molecule has 5 heteroatoms. The van der Waals surface area contributed by atoms with Crippen LogP contribution in [0.25, 0.3) is 0 Å². The number of benzene rings is 2. The third kappa shape index (κ3) is 4.60. The minimum absolute atomic E-state index is 0.616. The minimum Gasteiger partial charge on any atom is -0.412 e. The van der Waals surface area contributed by atoms with Crippen molar-refractivity contribution >= 4 is 23.6 Å². The maximum Gasteiger partial charge on any atom is 0.472 e. The van der Waals surface area contributed by atoms with E-state index in [1.54, 1.807) is 0 Å². The first kappa shape index (κ1) is 21.7. The first-order valence-electron chi connectivity index (χ1n) is 10.3. The molecule has 0 radical (unpaired) electrons. The highest BCUT2D eigenvalue weighted by atomic mass is 32.1. The fraction of sp³-hybridized carbons (Fsp3) is 0.333. The summed E-state index contributed by atoms with van der Waals surface area (Å²) in [6.45, 7) is 8.44. The average molecular weight is 429 g/mol. The Morgan fingerprint density at radius 1 is 0.724 bits per heavy atom.